The Hall–Kier alpha value is -2.08. The van der Waals surface area contributed by atoms with Crippen LogP contribution >= 0.6 is 0 Å². The van der Waals surface area contributed by atoms with Crippen molar-refractivity contribution in [3.05, 3.63) is 42.5 Å². The number of sulfonamides is 1. The number of hydrogen-bond acceptors (Lipinski definition) is 3. The summed E-state index contributed by atoms with van der Waals surface area (Å²) in [7, 11) is -3.55. The summed E-state index contributed by atoms with van der Waals surface area (Å²) in [5.74, 6) is -0.323. The summed E-state index contributed by atoms with van der Waals surface area (Å²) in [5, 5.41) is 4.35. The van der Waals surface area contributed by atoms with Crippen LogP contribution in [0.1, 0.15) is 6.92 Å². The first-order valence-corrected chi connectivity index (χ1v) is 8.50. The third kappa shape index (κ3) is 3.52. The van der Waals surface area contributed by atoms with Gasteiger partial charge in [-0.2, -0.15) is 0 Å². The lowest BCUT2D eigenvalue weighted by Crippen LogP contribution is -2.40. The van der Waals surface area contributed by atoms with E-state index in [4.69, 9.17) is 0 Å². The fourth-order valence-electron chi connectivity index (χ4n) is 2.19. The molecular formula is C15H18N2O3S. The van der Waals surface area contributed by atoms with Gasteiger partial charge in [0.1, 0.15) is 6.54 Å². The quantitative estimate of drug-likeness (QED) is 0.915. The number of nitrogens with one attached hydrogen (secondary N) is 1. The summed E-state index contributed by atoms with van der Waals surface area (Å²) in [6.45, 7) is 2.03. The molecule has 0 saturated carbocycles. The molecule has 0 radical (unpaired) electrons. The van der Waals surface area contributed by atoms with Crippen LogP contribution in [0.5, 0.6) is 0 Å². The molecule has 2 aromatic rings. The van der Waals surface area contributed by atoms with Gasteiger partial charge in [-0.15, -0.1) is 0 Å². The number of carbonyl (C=O) groups excluding carboxylic acids is 1. The fourth-order valence-corrected chi connectivity index (χ4v) is 3.06. The molecule has 6 heteroatoms. The molecule has 5 nitrogen and oxygen atoms in total. The van der Waals surface area contributed by atoms with E-state index in [1.54, 1.807) is 19.1 Å². The Morgan fingerprint density at radius 2 is 1.81 bits per heavy atom. The maximum Gasteiger partial charge on any atom is 0.240 e. The molecule has 21 heavy (non-hydrogen) atoms. The van der Waals surface area contributed by atoms with Gasteiger partial charge in [-0.25, -0.2) is 8.42 Å². The Balaban J connectivity index is 2.52. The average Bonchev–Trinajstić information content (AvgIpc) is 2.43. The number of fused-ring (bicyclic) bond motifs is 1. The van der Waals surface area contributed by atoms with E-state index in [1.807, 2.05) is 30.3 Å². The minimum Gasteiger partial charge on any atom is -0.355 e. The lowest BCUT2D eigenvalue weighted by atomic mass is 10.1. The fraction of sp³-hybridized carbons (Fsp3) is 0.267. The monoisotopic (exact) mass is 306 g/mol. The van der Waals surface area contributed by atoms with E-state index in [0.29, 0.717) is 12.2 Å². The summed E-state index contributed by atoms with van der Waals surface area (Å²) < 4.78 is 25.3. The van der Waals surface area contributed by atoms with Gasteiger partial charge >= 0.3 is 0 Å². The molecule has 0 unspecified atom stereocenters. The van der Waals surface area contributed by atoms with E-state index in [0.717, 1.165) is 21.3 Å². The molecule has 1 amide bonds. The molecule has 0 saturated heterocycles. The van der Waals surface area contributed by atoms with Crippen molar-refractivity contribution in [2.75, 3.05) is 23.7 Å². The molecule has 2 rings (SSSR count). The minimum absolute atomic E-state index is 0.222. The number of hydrogen-bond donors (Lipinski definition) is 1. The average molecular weight is 306 g/mol. The highest BCUT2D eigenvalue weighted by molar-refractivity contribution is 7.92. The van der Waals surface area contributed by atoms with Gasteiger partial charge in [0.15, 0.2) is 0 Å². The summed E-state index contributed by atoms with van der Waals surface area (Å²) >= 11 is 0. The zero-order chi connectivity index (χ0) is 15.5. The van der Waals surface area contributed by atoms with Crippen LogP contribution < -0.4 is 9.62 Å². The zero-order valence-electron chi connectivity index (χ0n) is 12.0. The van der Waals surface area contributed by atoms with Crippen LogP contribution in [0.25, 0.3) is 10.8 Å². The van der Waals surface area contributed by atoms with Crippen LogP contribution in [0.4, 0.5) is 5.69 Å². The molecule has 0 aliphatic rings. The first-order chi connectivity index (χ1) is 9.93. The molecule has 0 bridgehead atoms. The van der Waals surface area contributed by atoms with Crippen molar-refractivity contribution in [3.8, 4) is 0 Å². The van der Waals surface area contributed by atoms with E-state index in [9.17, 15) is 13.2 Å². The van der Waals surface area contributed by atoms with Gasteiger partial charge in [0, 0.05) is 11.9 Å². The van der Waals surface area contributed by atoms with E-state index in [-0.39, 0.29) is 12.5 Å². The molecule has 0 aliphatic heterocycles. The first-order valence-electron chi connectivity index (χ1n) is 6.65. The number of nitrogens with zero attached hydrogens (tertiary/aromatic N) is 1. The molecule has 0 aliphatic carbocycles. The van der Waals surface area contributed by atoms with Gasteiger partial charge in [-0.05, 0) is 18.4 Å². The van der Waals surface area contributed by atoms with Gasteiger partial charge in [0.25, 0.3) is 0 Å². The second kappa shape index (κ2) is 6.13. The van der Waals surface area contributed by atoms with E-state index < -0.39 is 10.0 Å². The summed E-state index contributed by atoms with van der Waals surface area (Å²) in [4.78, 5) is 11.8. The number of rotatable bonds is 5. The lowest BCUT2D eigenvalue weighted by molar-refractivity contribution is -0.119. The Morgan fingerprint density at radius 3 is 2.48 bits per heavy atom. The molecule has 0 atom stereocenters. The van der Waals surface area contributed by atoms with Gasteiger partial charge in [-0.3, -0.25) is 9.10 Å². The second-order valence-corrected chi connectivity index (χ2v) is 6.63. The van der Waals surface area contributed by atoms with Crippen LogP contribution in [0.15, 0.2) is 42.5 Å². The summed E-state index contributed by atoms with van der Waals surface area (Å²) in [5.41, 5.74) is 0.516. The van der Waals surface area contributed by atoms with Crippen LogP contribution in [0, 0.1) is 0 Å². The third-order valence-electron chi connectivity index (χ3n) is 3.10. The molecule has 0 spiro atoms. The summed E-state index contributed by atoms with van der Waals surface area (Å²) in [6, 6.07) is 12.9. The molecule has 0 aromatic heterocycles. The predicted octanol–water partition coefficient (Wildman–Crippen LogP) is 1.74. The largest absolute Gasteiger partial charge is 0.355 e. The highest BCUT2D eigenvalue weighted by Crippen LogP contribution is 2.28. The van der Waals surface area contributed by atoms with Crippen LogP contribution in [-0.2, 0) is 14.8 Å². The number of likely N-dealkylation sites (N-methyl/N-ethyl adjacent to an activating group) is 1. The highest BCUT2D eigenvalue weighted by atomic mass is 32.2. The standard InChI is InChI=1S/C15H18N2O3S/c1-3-16-15(18)11-17(21(2,19)20)14-10-6-8-12-7-4-5-9-13(12)14/h4-10H,3,11H2,1-2H3,(H,16,18). The van der Waals surface area contributed by atoms with Crippen LogP contribution in [0.3, 0.4) is 0 Å². The van der Waals surface area contributed by atoms with Crippen molar-refractivity contribution >= 4 is 32.4 Å². The highest BCUT2D eigenvalue weighted by Gasteiger charge is 2.22. The van der Waals surface area contributed by atoms with Crippen LogP contribution in [-0.4, -0.2) is 33.7 Å². The van der Waals surface area contributed by atoms with Gasteiger partial charge in [0.2, 0.25) is 15.9 Å². The smallest absolute Gasteiger partial charge is 0.240 e. The number of anilines is 1. The van der Waals surface area contributed by atoms with Gasteiger partial charge in [-0.1, -0.05) is 36.4 Å². The molecule has 0 fully saturated rings. The van der Waals surface area contributed by atoms with Crippen molar-refractivity contribution in [2.45, 2.75) is 6.92 Å². The van der Waals surface area contributed by atoms with Crippen molar-refractivity contribution in [3.63, 3.8) is 0 Å². The zero-order valence-corrected chi connectivity index (χ0v) is 12.9. The number of amides is 1. The van der Waals surface area contributed by atoms with E-state index in [1.165, 1.54) is 0 Å². The Labute approximate surface area is 124 Å². The second-order valence-electron chi connectivity index (χ2n) is 4.72. The Kier molecular flexibility index (Phi) is 4.47. The van der Waals surface area contributed by atoms with Gasteiger partial charge < -0.3 is 5.32 Å². The van der Waals surface area contributed by atoms with Gasteiger partial charge in [0.05, 0.1) is 11.9 Å². The number of benzene rings is 2. The topological polar surface area (TPSA) is 66.5 Å². The van der Waals surface area contributed by atoms with E-state index in [2.05, 4.69) is 5.32 Å². The molecule has 112 valence electrons. The first kappa shape index (κ1) is 15.3. The van der Waals surface area contributed by atoms with Crippen molar-refractivity contribution in [2.24, 2.45) is 0 Å². The molecule has 2 aromatic carbocycles. The van der Waals surface area contributed by atoms with Crippen molar-refractivity contribution < 1.29 is 13.2 Å². The maximum absolute atomic E-state index is 12.1. The van der Waals surface area contributed by atoms with Crippen molar-refractivity contribution in [1.29, 1.82) is 0 Å². The summed E-state index contributed by atoms with van der Waals surface area (Å²) in [6.07, 6.45) is 1.11. The molecule has 0 heterocycles. The van der Waals surface area contributed by atoms with Crippen LogP contribution in [0.2, 0.25) is 0 Å². The maximum atomic E-state index is 12.1. The normalized spacial score (nSPS) is 11.3. The predicted molar refractivity (Wildman–Crippen MR) is 84.8 cm³/mol. The third-order valence-corrected chi connectivity index (χ3v) is 4.22. The van der Waals surface area contributed by atoms with E-state index >= 15 is 0 Å². The Morgan fingerprint density at radius 1 is 1.14 bits per heavy atom. The SMILES string of the molecule is CCNC(=O)CN(c1cccc2ccccc12)S(C)(=O)=O. The van der Waals surface area contributed by atoms with Crippen molar-refractivity contribution in [1.82, 2.24) is 5.32 Å². The Bertz CT molecular complexity index is 751. The lowest BCUT2D eigenvalue weighted by Gasteiger charge is -2.23. The minimum atomic E-state index is -3.55. The molecular weight excluding hydrogens is 288 g/mol. The molecule has 1 N–H and O–H groups in total. The number of carbonyl (C=O) groups is 1.